The van der Waals surface area contributed by atoms with Crippen molar-refractivity contribution >= 4 is 16.8 Å². The maximum Gasteiger partial charge on any atom is 0.222 e. The van der Waals surface area contributed by atoms with Gasteiger partial charge in [0.2, 0.25) is 5.91 Å². The first-order chi connectivity index (χ1) is 11.1. The minimum atomic E-state index is -0.262. The summed E-state index contributed by atoms with van der Waals surface area (Å²) in [6, 6.07) is 6.28. The molecular weight excluding hydrogens is 288 g/mol. The van der Waals surface area contributed by atoms with Crippen LogP contribution in [-0.4, -0.2) is 40.1 Å². The molecule has 4 heteroatoms. The van der Waals surface area contributed by atoms with Gasteiger partial charge in [-0.15, -0.1) is 0 Å². The fraction of sp³-hybridized carbons (Fsp3) is 0.526. The van der Waals surface area contributed by atoms with Crippen molar-refractivity contribution in [2.24, 2.45) is 5.92 Å². The van der Waals surface area contributed by atoms with Gasteiger partial charge in [0.25, 0.3) is 0 Å². The summed E-state index contributed by atoms with van der Waals surface area (Å²) >= 11 is 0. The third kappa shape index (κ3) is 3.42. The normalized spacial score (nSPS) is 17.6. The lowest BCUT2D eigenvalue weighted by Gasteiger charge is -2.33. The highest BCUT2D eigenvalue weighted by Gasteiger charge is 2.25. The number of piperidine rings is 1. The van der Waals surface area contributed by atoms with E-state index >= 15 is 0 Å². The summed E-state index contributed by atoms with van der Waals surface area (Å²) in [5.41, 5.74) is 3.63. The van der Waals surface area contributed by atoms with Gasteiger partial charge < -0.3 is 15.0 Å². The summed E-state index contributed by atoms with van der Waals surface area (Å²) in [4.78, 5) is 17.7. The second-order valence-corrected chi connectivity index (χ2v) is 6.77. The van der Waals surface area contributed by atoms with E-state index in [9.17, 15) is 9.90 Å². The van der Waals surface area contributed by atoms with Crippen LogP contribution in [0.4, 0.5) is 0 Å². The van der Waals surface area contributed by atoms with Crippen LogP contribution in [0.2, 0.25) is 0 Å². The lowest BCUT2D eigenvalue weighted by Crippen LogP contribution is -2.40. The van der Waals surface area contributed by atoms with Crippen LogP contribution in [0.15, 0.2) is 24.4 Å². The van der Waals surface area contributed by atoms with Crippen molar-refractivity contribution in [3.8, 4) is 0 Å². The first-order valence-electron chi connectivity index (χ1n) is 8.57. The van der Waals surface area contributed by atoms with E-state index in [2.05, 4.69) is 30.1 Å². The molecule has 1 aliphatic heterocycles. The first kappa shape index (κ1) is 16.1. The van der Waals surface area contributed by atoms with Crippen LogP contribution in [0.5, 0.6) is 0 Å². The number of aliphatic hydroxyl groups is 1. The van der Waals surface area contributed by atoms with Gasteiger partial charge in [-0.2, -0.15) is 0 Å². The Morgan fingerprint density at radius 2 is 2.13 bits per heavy atom. The van der Waals surface area contributed by atoms with Crippen molar-refractivity contribution in [1.29, 1.82) is 0 Å². The molecule has 2 N–H and O–H groups in total. The number of aliphatic hydroxyl groups excluding tert-OH is 1. The third-order valence-corrected chi connectivity index (χ3v) is 5.19. The van der Waals surface area contributed by atoms with Crippen molar-refractivity contribution < 1.29 is 9.90 Å². The molecule has 1 aliphatic rings. The SMILES string of the molecule is Cc1cccc2c(CCC(=O)N3CCC(C(C)O)CC3)c[nH]c12. The molecule has 2 heterocycles. The molecule has 0 aliphatic carbocycles. The fourth-order valence-electron chi connectivity index (χ4n) is 3.60. The number of amides is 1. The minimum Gasteiger partial charge on any atom is -0.393 e. The lowest BCUT2D eigenvalue weighted by molar-refractivity contribution is -0.133. The quantitative estimate of drug-likeness (QED) is 0.911. The number of hydrogen-bond acceptors (Lipinski definition) is 2. The number of rotatable bonds is 4. The summed E-state index contributed by atoms with van der Waals surface area (Å²) < 4.78 is 0. The second kappa shape index (κ2) is 6.75. The molecule has 1 saturated heterocycles. The molecule has 1 aromatic heterocycles. The van der Waals surface area contributed by atoms with Gasteiger partial charge >= 0.3 is 0 Å². The number of aryl methyl sites for hydroxylation is 2. The topological polar surface area (TPSA) is 56.3 Å². The Hall–Kier alpha value is -1.81. The molecule has 0 spiro atoms. The molecule has 1 unspecified atom stereocenters. The maximum atomic E-state index is 12.4. The summed E-state index contributed by atoms with van der Waals surface area (Å²) in [7, 11) is 0. The predicted molar refractivity (Wildman–Crippen MR) is 92.3 cm³/mol. The number of benzene rings is 1. The molecule has 1 aromatic carbocycles. The number of fused-ring (bicyclic) bond motifs is 1. The van der Waals surface area contributed by atoms with Crippen LogP contribution in [0, 0.1) is 12.8 Å². The zero-order valence-electron chi connectivity index (χ0n) is 14.0. The molecule has 4 nitrogen and oxygen atoms in total. The number of H-pyrrole nitrogens is 1. The van der Waals surface area contributed by atoms with Crippen molar-refractivity contribution in [2.45, 2.75) is 45.6 Å². The highest BCUT2D eigenvalue weighted by Crippen LogP contribution is 2.24. The molecule has 1 fully saturated rings. The molecule has 2 aromatic rings. The van der Waals surface area contributed by atoms with Crippen LogP contribution in [-0.2, 0) is 11.2 Å². The Labute approximate surface area is 137 Å². The Morgan fingerprint density at radius 3 is 2.83 bits per heavy atom. The molecule has 3 rings (SSSR count). The molecule has 0 saturated carbocycles. The van der Waals surface area contributed by atoms with Crippen LogP contribution in [0.3, 0.4) is 0 Å². The number of para-hydroxylation sites is 1. The standard InChI is InChI=1S/C19H26N2O2/c1-13-4-3-5-17-16(12-20-19(13)17)6-7-18(23)21-10-8-15(9-11-21)14(2)22/h3-5,12,14-15,20,22H,6-11H2,1-2H3. The zero-order valence-corrected chi connectivity index (χ0v) is 14.0. The predicted octanol–water partition coefficient (Wildman–Crippen LogP) is 3.03. The van der Waals surface area contributed by atoms with Gasteiger partial charge in [0.15, 0.2) is 0 Å². The Balaban J connectivity index is 1.58. The van der Waals surface area contributed by atoms with Gasteiger partial charge in [-0.1, -0.05) is 18.2 Å². The average molecular weight is 314 g/mol. The van der Waals surface area contributed by atoms with E-state index in [0.717, 1.165) is 32.4 Å². The van der Waals surface area contributed by atoms with E-state index in [1.54, 1.807) is 0 Å². The average Bonchev–Trinajstić information content (AvgIpc) is 2.97. The van der Waals surface area contributed by atoms with E-state index in [-0.39, 0.29) is 12.0 Å². The number of carbonyl (C=O) groups is 1. The van der Waals surface area contributed by atoms with Crippen molar-refractivity contribution in [3.63, 3.8) is 0 Å². The number of aromatic nitrogens is 1. The second-order valence-electron chi connectivity index (χ2n) is 6.77. The highest BCUT2D eigenvalue weighted by atomic mass is 16.3. The van der Waals surface area contributed by atoms with Gasteiger partial charge in [0, 0.05) is 36.6 Å². The molecular formula is C19H26N2O2. The van der Waals surface area contributed by atoms with E-state index in [4.69, 9.17) is 0 Å². The van der Waals surface area contributed by atoms with Gasteiger partial charge in [-0.25, -0.2) is 0 Å². The Kier molecular flexibility index (Phi) is 4.71. The first-order valence-corrected chi connectivity index (χ1v) is 8.57. The van der Waals surface area contributed by atoms with Crippen molar-refractivity contribution in [2.75, 3.05) is 13.1 Å². The van der Waals surface area contributed by atoms with Gasteiger partial charge in [0.1, 0.15) is 0 Å². The van der Waals surface area contributed by atoms with Gasteiger partial charge in [0.05, 0.1) is 6.10 Å². The molecule has 1 amide bonds. The third-order valence-electron chi connectivity index (χ3n) is 5.19. The van der Waals surface area contributed by atoms with Crippen LogP contribution in [0.25, 0.3) is 10.9 Å². The van der Waals surface area contributed by atoms with Gasteiger partial charge in [-0.3, -0.25) is 4.79 Å². The molecule has 1 atom stereocenters. The Bertz CT molecular complexity index is 682. The summed E-state index contributed by atoms with van der Waals surface area (Å²) in [5, 5.41) is 10.9. The van der Waals surface area contributed by atoms with Crippen LogP contribution < -0.4 is 0 Å². The Morgan fingerprint density at radius 1 is 1.39 bits per heavy atom. The van der Waals surface area contributed by atoms with Crippen LogP contribution in [0.1, 0.15) is 37.3 Å². The monoisotopic (exact) mass is 314 g/mol. The van der Waals surface area contributed by atoms with Crippen molar-refractivity contribution in [3.05, 3.63) is 35.5 Å². The maximum absolute atomic E-state index is 12.4. The number of carbonyl (C=O) groups excluding carboxylic acids is 1. The zero-order chi connectivity index (χ0) is 16.4. The lowest BCUT2D eigenvalue weighted by atomic mass is 9.92. The summed E-state index contributed by atoms with van der Waals surface area (Å²) in [6.07, 6.45) is 4.93. The van der Waals surface area contributed by atoms with E-state index in [1.807, 2.05) is 18.0 Å². The highest BCUT2D eigenvalue weighted by molar-refractivity contribution is 5.86. The molecule has 124 valence electrons. The van der Waals surface area contributed by atoms with Crippen molar-refractivity contribution in [1.82, 2.24) is 9.88 Å². The van der Waals surface area contributed by atoms with E-state index < -0.39 is 0 Å². The summed E-state index contributed by atoms with van der Waals surface area (Å²) in [6.45, 7) is 5.50. The van der Waals surface area contributed by atoms with E-state index in [0.29, 0.717) is 12.3 Å². The van der Waals surface area contributed by atoms with E-state index in [1.165, 1.54) is 22.0 Å². The molecule has 0 bridgehead atoms. The number of nitrogens with one attached hydrogen (secondary N) is 1. The minimum absolute atomic E-state index is 0.232. The van der Waals surface area contributed by atoms with Gasteiger partial charge in [-0.05, 0) is 50.2 Å². The smallest absolute Gasteiger partial charge is 0.222 e. The summed E-state index contributed by atoms with van der Waals surface area (Å²) in [5.74, 6) is 0.576. The molecule has 0 radical (unpaired) electrons. The number of aromatic amines is 1. The fourth-order valence-corrected chi connectivity index (χ4v) is 3.60. The number of nitrogens with zero attached hydrogens (tertiary/aromatic N) is 1. The molecule has 23 heavy (non-hydrogen) atoms. The largest absolute Gasteiger partial charge is 0.393 e. The van der Waals surface area contributed by atoms with Crippen LogP contribution >= 0.6 is 0 Å². The number of likely N-dealkylation sites (tertiary alicyclic amines) is 1. The number of hydrogen-bond donors (Lipinski definition) is 2.